The van der Waals surface area contributed by atoms with Crippen LogP contribution in [0.15, 0.2) is 61.6 Å². The number of aryl methyl sites for hydroxylation is 4. The van der Waals surface area contributed by atoms with Crippen LogP contribution in [-0.4, -0.2) is 136 Å². The number of imide groups is 1. The van der Waals surface area contributed by atoms with Crippen molar-refractivity contribution in [1.29, 1.82) is 0 Å². The fourth-order valence-corrected chi connectivity index (χ4v) is 7.02. The summed E-state index contributed by atoms with van der Waals surface area (Å²) in [6, 6.07) is -2.30. The zero-order valence-electron chi connectivity index (χ0n) is 47.8. The molecular formula is C44H49BrF18N16O10. The average Bonchev–Trinajstić information content (AvgIpc) is 2.45. The average molecular weight is 1380 g/mol. The van der Waals surface area contributed by atoms with Crippen molar-refractivity contribution < 1.29 is 93.4 Å². The number of halogens is 19. The molecule has 0 aliphatic carbocycles. The van der Waals surface area contributed by atoms with E-state index in [1.807, 2.05) is 0 Å². The van der Waals surface area contributed by atoms with Crippen molar-refractivity contribution in [2.75, 3.05) is 21.1 Å². The van der Waals surface area contributed by atoms with E-state index in [0.717, 1.165) is 76.9 Å². The molecule has 2 aliphatic rings. The quantitative estimate of drug-likeness (QED) is 0.158. The van der Waals surface area contributed by atoms with Gasteiger partial charge in [-0.05, 0) is 29.8 Å². The van der Waals surface area contributed by atoms with E-state index in [4.69, 9.17) is 0 Å². The third-order valence-corrected chi connectivity index (χ3v) is 12.5. The van der Waals surface area contributed by atoms with Gasteiger partial charge in [0.2, 0.25) is 17.6 Å². The maximum absolute atomic E-state index is 12.2. The van der Waals surface area contributed by atoms with Crippen molar-refractivity contribution >= 4 is 40.0 Å². The van der Waals surface area contributed by atoms with Crippen LogP contribution in [0.25, 0.3) is 0 Å². The van der Waals surface area contributed by atoms with E-state index >= 15 is 0 Å². The van der Waals surface area contributed by atoms with Crippen LogP contribution in [0.3, 0.4) is 0 Å². The summed E-state index contributed by atoms with van der Waals surface area (Å²) in [4.78, 5) is 113. The minimum absolute atomic E-state index is 0.0116. The highest BCUT2D eigenvalue weighted by atomic mass is 79.9. The number of likely N-dealkylation sites (tertiary alicyclic amines) is 1. The van der Waals surface area contributed by atoms with Crippen LogP contribution in [0.1, 0.15) is 46.9 Å². The number of carbonyl (C=O) groups is 3. The highest BCUT2D eigenvalue weighted by Gasteiger charge is 2.47. The SMILES string of the molecule is CN1C(=O)CC(C(F)(F)F)CC1=O.CN1N=CC(C(F)(F)F)N(C)C1=O.Cc1c(C(F)(F)F)cnn(C)c1=O.Cc1nn(C)c(C(F)(F)F)c1Br.Cn1c(C(F)(F)F)cc(=O)n(C)c1=O.Cn1c(C(F)(F)F)nc(=O)n(C)c1=O.Cn1ncc(=O)n(C)c1=O. The largest absolute Gasteiger partial charge is 0.450 e. The number of hydrogen-bond donors (Lipinski definition) is 0. The van der Waals surface area contributed by atoms with Crippen LogP contribution < -0.4 is 39.4 Å². The Bertz CT molecular complexity index is 3740. The fourth-order valence-electron chi connectivity index (χ4n) is 6.46. The summed E-state index contributed by atoms with van der Waals surface area (Å²) >= 11 is 2.83. The molecule has 26 nitrogen and oxygen atoms in total. The lowest BCUT2D eigenvalue weighted by molar-refractivity contribution is -0.192. The molecule has 5 aromatic rings. The molecule has 1 atom stereocenters. The molecule has 2 aliphatic heterocycles. The van der Waals surface area contributed by atoms with Gasteiger partial charge in [-0.3, -0.25) is 51.8 Å². The summed E-state index contributed by atoms with van der Waals surface area (Å²) in [5.74, 6) is -4.83. The molecule has 1 unspecified atom stereocenters. The van der Waals surface area contributed by atoms with Crippen molar-refractivity contribution in [3.8, 4) is 0 Å². The molecule has 45 heteroatoms. The minimum Gasteiger partial charge on any atom is -0.309 e. The van der Waals surface area contributed by atoms with Gasteiger partial charge >= 0.3 is 65.8 Å². The lowest BCUT2D eigenvalue weighted by atomic mass is 9.95. The smallest absolute Gasteiger partial charge is 0.309 e. The second-order valence-corrected chi connectivity index (χ2v) is 18.8. The molecule has 0 bridgehead atoms. The molecule has 498 valence electrons. The Morgan fingerprint density at radius 3 is 1.38 bits per heavy atom. The van der Waals surface area contributed by atoms with Gasteiger partial charge in [0.1, 0.15) is 11.9 Å². The van der Waals surface area contributed by atoms with Crippen LogP contribution in [0, 0.1) is 19.8 Å². The fraction of sp³-hybridized carbons (Fsp3) is 0.523. The number of amides is 4. The second-order valence-electron chi connectivity index (χ2n) is 18.0. The standard InChI is InChI=1S/C7H7F3N2O2.C7H7F3N2O.C7H8F3NO2.C6H6BrF3N2.C6H6F3N3O2.C6H8F3N3O.C5H7N3O2/c1-11-4(7(8,9)10)3-5(13)12(2)6(11)14;1-4-5(7(8,9)10)3-11-12(2)6(4)13;1-11-5(12)2-4(3-6(11)13)7(8,9)10;1-3-4(7)5(6(8,9)10)12(2)11-3;1-11-3(6(7,8)9)10-4(13)12(2)5(11)14;1-11-4(6(7,8)9)3-10-12(2)5(11)13;1-7-4(9)3-6-8(2)5(7)10/h3H,1-2H3;3H,1-2H3;4H,2-3H2,1H3;1-2H3;1-2H3;3-4H,1-2H3;3H,1-2H3. The van der Waals surface area contributed by atoms with E-state index in [1.54, 1.807) is 0 Å². The molecule has 0 saturated carbocycles. The zero-order valence-corrected chi connectivity index (χ0v) is 49.4. The maximum Gasteiger partial charge on any atom is 0.450 e. The van der Waals surface area contributed by atoms with E-state index in [-0.39, 0.29) is 20.2 Å². The van der Waals surface area contributed by atoms with Gasteiger partial charge in [0.25, 0.3) is 16.7 Å². The van der Waals surface area contributed by atoms with Crippen molar-refractivity contribution in [3.05, 3.63) is 130 Å². The topological polar surface area (TPSA) is 284 Å². The van der Waals surface area contributed by atoms with Crippen LogP contribution in [0.5, 0.6) is 0 Å². The van der Waals surface area contributed by atoms with Gasteiger partial charge in [0.05, 0.1) is 34.1 Å². The number of alkyl halides is 18. The number of nitrogens with zero attached hydrogens (tertiary/aromatic N) is 16. The summed E-state index contributed by atoms with van der Waals surface area (Å²) in [5.41, 5.74) is -8.73. The number of rotatable bonds is 0. The molecule has 89 heavy (non-hydrogen) atoms. The predicted molar refractivity (Wildman–Crippen MR) is 272 cm³/mol. The maximum atomic E-state index is 12.2. The van der Waals surface area contributed by atoms with E-state index < -0.39 is 136 Å². The van der Waals surface area contributed by atoms with Gasteiger partial charge in [-0.15, -0.1) is 0 Å². The molecule has 1 saturated heterocycles. The summed E-state index contributed by atoms with van der Waals surface area (Å²) in [5, 5.41) is 14.6. The highest BCUT2D eigenvalue weighted by Crippen LogP contribution is 2.37. The molecular weight excluding hydrogens is 1330 g/mol. The molecule has 0 spiro atoms. The van der Waals surface area contributed by atoms with Gasteiger partial charge in [-0.2, -0.15) is 104 Å². The first kappa shape index (κ1) is 78.3. The monoisotopic (exact) mass is 1380 g/mol. The summed E-state index contributed by atoms with van der Waals surface area (Å²) in [7, 11) is 13.1. The lowest BCUT2D eigenvalue weighted by Gasteiger charge is -2.32. The Hall–Kier alpha value is -8.71. The van der Waals surface area contributed by atoms with E-state index in [1.165, 1.54) is 49.2 Å². The first-order valence-corrected chi connectivity index (χ1v) is 24.2. The van der Waals surface area contributed by atoms with Crippen molar-refractivity contribution in [2.45, 2.75) is 69.8 Å². The molecule has 0 N–H and O–H groups in total. The molecule has 1 fully saturated rings. The Balaban J connectivity index is 0.000000520. The third-order valence-electron chi connectivity index (χ3n) is 11.6. The number of hydrogen-bond acceptors (Lipinski definition) is 15. The molecule has 7 rings (SSSR count). The number of hydrazone groups is 1. The molecule has 0 radical (unpaired) electrons. The Kier molecular flexibility index (Phi) is 26.0. The molecule has 4 amide bonds. The van der Waals surface area contributed by atoms with Gasteiger partial charge < -0.3 is 4.90 Å². The van der Waals surface area contributed by atoms with Crippen molar-refractivity contribution in [2.24, 2.45) is 67.4 Å². The number of urea groups is 1. The molecule has 5 aromatic heterocycles. The lowest BCUT2D eigenvalue weighted by Crippen LogP contribution is -2.53. The number of carbonyl (C=O) groups excluding carboxylic acids is 3. The van der Waals surface area contributed by atoms with Crippen LogP contribution >= 0.6 is 15.9 Å². The van der Waals surface area contributed by atoms with Crippen LogP contribution in [0.2, 0.25) is 0 Å². The summed E-state index contributed by atoms with van der Waals surface area (Å²) < 4.78 is 225. The van der Waals surface area contributed by atoms with Crippen molar-refractivity contribution in [1.82, 2.24) is 72.0 Å². The minimum atomic E-state index is -4.80. The van der Waals surface area contributed by atoms with Gasteiger partial charge in [-0.25, -0.2) is 42.9 Å². The van der Waals surface area contributed by atoms with E-state index in [2.05, 4.69) is 41.3 Å². The van der Waals surface area contributed by atoms with Gasteiger partial charge in [0.15, 0.2) is 11.7 Å². The van der Waals surface area contributed by atoms with Crippen LogP contribution in [-0.2, 0) is 90.7 Å². The van der Waals surface area contributed by atoms with Gasteiger partial charge in [-0.1, -0.05) is 0 Å². The van der Waals surface area contributed by atoms with Gasteiger partial charge in [0, 0.05) is 102 Å². The zero-order chi connectivity index (χ0) is 70.1. The first-order valence-electron chi connectivity index (χ1n) is 23.4. The summed E-state index contributed by atoms with van der Waals surface area (Å²) in [6.45, 7) is 2.64. The van der Waals surface area contributed by atoms with E-state index in [9.17, 15) is 127 Å². The molecule has 0 aromatic carbocycles. The predicted octanol–water partition coefficient (Wildman–Crippen LogP) is 3.54. The third kappa shape index (κ3) is 21.0. The number of aromatic nitrogens is 12. The van der Waals surface area contributed by atoms with Crippen molar-refractivity contribution in [3.63, 3.8) is 0 Å². The molecule has 7 heterocycles. The Labute approximate surface area is 492 Å². The van der Waals surface area contributed by atoms with Crippen LogP contribution in [0.4, 0.5) is 83.8 Å². The Morgan fingerprint density at radius 2 is 0.989 bits per heavy atom. The Morgan fingerprint density at radius 1 is 0.517 bits per heavy atom. The normalized spacial score (nSPS) is 14.8. The number of piperidine rings is 1. The second kappa shape index (κ2) is 29.5. The summed E-state index contributed by atoms with van der Waals surface area (Å²) in [6.07, 6.45) is -26.1. The first-order chi connectivity index (χ1) is 40.0. The highest BCUT2D eigenvalue weighted by molar-refractivity contribution is 9.10. The van der Waals surface area contributed by atoms with E-state index in [0.29, 0.717) is 42.8 Å².